The standard InChI is InChI=1S/C29H28FN3O5S2/c1-20-8-14-26(15-9-20)40(37,38)33(28-7-5-4-6-27(28)30)19-29(34)31-23-12-16-25(17-13-23)39(35,36)32-24-11-10-21(2)22(3)18-24/h4-18,32H,19H2,1-3H3,(H,31,34). The number of carbonyl (C=O) groups is 1. The van der Waals surface area contributed by atoms with Gasteiger partial charge in [-0.25, -0.2) is 21.2 Å². The van der Waals surface area contributed by atoms with Crippen LogP contribution in [-0.2, 0) is 24.8 Å². The van der Waals surface area contributed by atoms with E-state index >= 15 is 0 Å². The summed E-state index contributed by atoms with van der Waals surface area (Å²) in [6.07, 6.45) is 0. The number of nitrogens with zero attached hydrogens (tertiary/aromatic N) is 1. The first-order valence-electron chi connectivity index (χ1n) is 12.2. The molecule has 0 aliphatic heterocycles. The molecule has 0 unspecified atom stereocenters. The monoisotopic (exact) mass is 581 g/mol. The smallest absolute Gasteiger partial charge is 0.264 e. The quantitative estimate of drug-likeness (QED) is 0.275. The molecule has 40 heavy (non-hydrogen) atoms. The summed E-state index contributed by atoms with van der Waals surface area (Å²) >= 11 is 0. The van der Waals surface area contributed by atoms with Gasteiger partial charge in [0, 0.05) is 11.4 Å². The first-order valence-corrected chi connectivity index (χ1v) is 15.1. The number of hydrogen-bond acceptors (Lipinski definition) is 5. The van der Waals surface area contributed by atoms with E-state index in [9.17, 15) is 26.0 Å². The van der Waals surface area contributed by atoms with Crippen molar-refractivity contribution in [2.24, 2.45) is 0 Å². The number of amides is 1. The van der Waals surface area contributed by atoms with Gasteiger partial charge in [-0.2, -0.15) is 0 Å². The van der Waals surface area contributed by atoms with E-state index in [2.05, 4.69) is 10.0 Å². The maximum atomic E-state index is 14.7. The Morgan fingerprint density at radius 1 is 0.750 bits per heavy atom. The summed E-state index contributed by atoms with van der Waals surface area (Å²) in [5.41, 5.74) is 3.18. The molecule has 0 atom stereocenters. The molecule has 208 valence electrons. The summed E-state index contributed by atoms with van der Waals surface area (Å²) < 4.78 is 70.4. The van der Waals surface area contributed by atoms with Crippen LogP contribution in [0.5, 0.6) is 0 Å². The average Bonchev–Trinajstić information content (AvgIpc) is 2.90. The molecule has 0 heterocycles. The van der Waals surface area contributed by atoms with Crippen LogP contribution in [0, 0.1) is 26.6 Å². The average molecular weight is 582 g/mol. The molecule has 0 radical (unpaired) electrons. The van der Waals surface area contributed by atoms with E-state index in [0.717, 1.165) is 22.8 Å². The summed E-state index contributed by atoms with van der Waals surface area (Å²) in [6, 6.07) is 21.9. The number of halogens is 1. The van der Waals surface area contributed by atoms with E-state index in [-0.39, 0.29) is 21.2 Å². The Labute approximate surface area is 233 Å². The van der Waals surface area contributed by atoms with Gasteiger partial charge in [0.1, 0.15) is 12.4 Å². The molecule has 0 fully saturated rings. The lowest BCUT2D eigenvalue weighted by Crippen LogP contribution is -2.38. The molecule has 11 heteroatoms. The number of para-hydroxylation sites is 1. The van der Waals surface area contributed by atoms with E-state index < -0.39 is 38.3 Å². The van der Waals surface area contributed by atoms with E-state index in [0.29, 0.717) is 9.99 Å². The molecule has 1 amide bonds. The Morgan fingerprint density at radius 3 is 1.98 bits per heavy atom. The van der Waals surface area contributed by atoms with Gasteiger partial charge in [0.05, 0.1) is 15.5 Å². The zero-order valence-corrected chi connectivity index (χ0v) is 23.7. The number of benzene rings is 4. The van der Waals surface area contributed by atoms with Gasteiger partial charge >= 0.3 is 0 Å². The largest absolute Gasteiger partial charge is 0.325 e. The van der Waals surface area contributed by atoms with Crippen LogP contribution in [0.2, 0.25) is 0 Å². The van der Waals surface area contributed by atoms with Crippen LogP contribution >= 0.6 is 0 Å². The topological polar surface area (TPSA) is 113 Å². The highest BCUT2D eigenvalue weighted by molar-refractivity contribution is 7.93. The number of hydrogen-bond donors (Lipinski definition) is 2. The predicted molar refractivity (Wildman–Crippen MR) is 154 cm³/mol. The van der Waals surface area contributed by atoms with Crippen LogP contribution in [0.1, 0.15) is 16.7 Å². The molecule has 0 aliphatic carbocycles. The third-order valence-electron chi connectivity index (χ3n) is 6.22. The molecule has 0 spiro atoms. The number of aryl methyl sites for hydroxylation is 3. The maximum absolute atomic E-state index is 14.7. The van der Waals surface area contributed by atoms with Crippen LogP contribution in [0.15, 0.2) is 101 Å². The molecule has 4 aromatic rings. The zero-order valence-electron chi connectivity index (χ0n) is 22.1. The van der Waals surface area contributed by atoms with Gasteiger partial charge in [-0.05, 0) is 92.6 Å². The molecule has 2 N–H and O–H groups in total. The molecule has 0 saturated carbocycles. The van der Waals surface area contributed by atoms with Crippen molar-refractivity contribution in [1.82, 2.24) is 0 Å². The van der Waals surface area contributed by atoms with E-state index in [1.807, 2.05) is 19.9 Å². The lowest BCUT2D eigenvalue weighted by Gasteiger charge is -2.24. The first kappa shape index (κ1) is 28.8. The van der Waals surface area contributed by atoms with Crippen LogP contribution in [0.4, 0.5) is 21.5 Å². The van der Waals surface area contributed by atoms with Crippen LogP contribution in [0.3, 0.4) is 0 Å². The number of sulfonamides is 2. The van der Waals surface area contributed by atoms with Gasteiger partial charge in [-0.1, -0.05) is 35.9 Å². The summed E-state index contributed by atoms with van der Waals surface area (Å²) in [5, 5.41) is 2.55. The minimum atomic E-state index is -4.30. The zero-order chi connectivity index (χ0) is 29.1. The van der Waals surface area contributed by atoms with E-state index in [1.54, 1.807) is 31.2 Å². The fraction of sp³-hybridized carbons (Fsp3) is 0.138. The highest BCUT2D eigenvalue weighted by Crippen LogP contribution is 2.27. The highest BCUT2D eigenvalue weighted by Gasteiger charge is 2.29. The number of anilines is 3. The van der Waals surface area contributed by atoms with Crippen molar-refractivity contribution in [3.8, 4) is 0 Å². The molecular weight excluding hydrogens is 553 g/mol. The van der Waals surface area contributed by atoms with Crippen molar-refractivity contribution < 1.29 is 26.0 Å². The van der Waals surface area contributed by atoms with Crippen molar-refractivity contribution in [1.29, 1.82) is 0 Å². The molecule has 0 aromatic heterocycles. The Morgan fingerprint density at radius 2 is 1.35 bits per heavy atom. The summed E-state index contributed by atoms with van der Waals surface area (Å²) in [5.74, 6) is -1.56. The van der Waals surface area contributed by atoms with Crippen molar-refractivity contribution in [3.63, 3.8) is 0 Å². The third-order valence-corrected chi connectivity index (χ3v) is 9.40. The van der Waals surface area contributed by atoms with Crippen LogP contribution in [-0.4, -0.2) is 29.3 Å². The molecule has 0 bridgehead atoms. The fourth-order valence-electron chi connectivity index (χ4n) is 3.86. The molecular formula is C29H28FN3O5S2. The van der Waals surface area contributed by atoms with Crippen molar-refractivity contribution >= 4 is 43.0 Å². The summed E-state index contributed by atoms with van der Waals surface area (Å²) in [4.78, 5) is 12.8. The minimum Gasteiger partial charge on any atom is -0.325 e. The Bertz CT molecular complexity index is 1760. The minimum absolute atomic E-state index is 0.0290. The Kier molecular flexibility index (Phi) is 8.26. The lowest BCUT2D eigenvalue weighted by atomic mass is 10.1. The second-order valence-corrected chi connectivity index (χ2v) is 12.8. The van der Waals surface area contributed by atoms with Crippen LogP contribution < -0.4 is 14.3 Å². The maximum Gasteiger partial charge on any atom is 0.264 e. The van der Waals surface area contributed by atoms with E-state index in [1.165, 1.54) is 54.6 Å². The molecule has 8 nitrogen and oxygen atoms in total. The lowest BCUT2D eigenvalue weighted by molar-refractivity contribution is -0.114. The SMILES string of the molecule is Cc1ccc(S(=O)(=O)N(CC(=O)Nc2ccc(S(=O)(=O)Nc3ccc(C)c(C)c3)cc2)c2ccccc2F)cc1. The van der Waals surface area contributed by atoms with Crippen molar-refractivity contribution in [2.45, 2.75) is 30.6 Å². The Balaban J connectivity index is 1.53. The predicted octanol–water partition coefficient (Wildman–Crippen LogP) is 5.39. The van der Waals surface area contributed by atoms with Crippen LogP contribution in [0.25, 0.3) is 0 Å². The summed E-state index contributed by atoms with van der Waals surface area (Å²) in [6.45, 7) is 4.89. The first-order chi connectivity index (χ1) is 18.9. The second-order valence-electron chi connectivity index (χ2n) is 9.25. The fourth-order valence-corrected chi connectivity index (χ4v) is 6.34. The highest BCUT2D eigenvalue weighted by atomic mass is 32.2. The molecule has 0 saturated heterocycles. The third kappa shape index (κ3) is 6.49. The second kappa shape index (κ2) is 11.5. The van der Waals surface area contributed by atoms with Crippen molar-refractivity contribution in [3.05, 3.63) is 114 Å². The van der Waals surface area contributed by atoms with Gasteiger partial charge in [-0.3, -0.25) is 13.8 Å². The molecule has 0 aliphatic rings. The summed E-state index contributed by atoms with van der Waals surface area (Å²) in [7, 11) is -8.19. The van der Waals surface area contributed by atoms with Gasteiger partial charge in [-0.15, -0.1) is 0 Å². The molecule has 4 aromatic carbocycles. The van der Waals surface area contributed by atoms with Gasteiger partial charge in [0.25, 0.3) is 20.0 Å². The molecule has 4 rings (SSSR count). The van der Waals surface area contributed by atoms with Crippen molar-refractivity contribution in [2.75, 3.05) is 20.9 Å². The normalized spacial score (nSPS) is 11.6. The Hall–Kier alpha value is -4.22. The van der Waals surface area contributed by atoms with Gasteiger partial charge < -0.3 is 5.32 Å². The van der Waals surface area contributed by atoms with Gasteiger partial charge in [0.2, 0.25) is 5.91 Å². The number of nitrogens with one attached hydrogen (secondary N) is 2. The number of carbonyl (C=O) groups excluding carboxylic acids is 1. The van der Waals surface area contributed by atoms with E-state index in [4.69, 9.17) is 0 Å². The van der Waals surface area contributed by atoms with Gasteiger partial charge in [0.15, 0.2) is 0 Å². The number of rotatable bonds is 9.